The molecule has 1 fully saturated rings. The average Bonchev–Trinajstić information content (AvgIpc) is 2.24. The number of rotatable bonds is 4. The lowest BCUT2D eigenvalue weighted by Crippen LogP contribution is -2.22. The third-order valence-corrected chi connectivity index (χ3v) is 2.90. The standard InChI is InChI=1S/C12H21O2Si/c1-15(2)11-7-3-5-9-13-12-8-4-6-10-14-12/h12H,3-6,8-10H2,1-2H3. The first-order chi connectivity index (χ1) is 7.29. The molecule has 3 heteroatoms. The summed E-state index contributed by atoms with van der Waals surface area (Å²) in [6.07, 6.45) is 5.53. The zero-order valence-electron chi connectivity index (χ0n) is 9.84. The fraction of sp³-hybridized carbons (Fsp3) is 0.833. The molecule has 1 atom stereocenters. The van der Waals surface area contributed by atoms with Crippen LogP contribution in [0.2, 0.25) is 13.1 Å². The molecule has 1 rings (SSSR count). The van der Waals surface area contributed by atoms with E-state index in [0.29, 0.717) is 0 Å². The zero-order valence-corrected chi connectivity index (χ0v) is 10.8. The molecular weight excluding hydrogens is 204 g/mol. The lowest BCUT2D eigenvalue weighted by Gasteiger charge is -2.22. The maximum absolute atomic E-state index is 5.61. The summed E-state index contributed by atoms with van der Waals surface area (Å²) in [6.45, 7) is 6.07. The highest BCUT2D eigenvalue weighted by Gasteiger charge is 2.12. The minimum Gasteiger partial charge on any atom is -0.353 e. The molecule has 1 saturated heterocycles. The molecule has 0 aromatic rings. The molecule has 1 heterocycles. The monoisotopic (exact) mass is 225 g/mol. The molecule has 85 valence electrons. The van der Waals surface area contributed by atoms with Crippen LogP contribution in [0.1, 0.15) is 32.1 Å². The number of ether oxygens (including phenoxy) is 2. The van der Waals surface area contributed by atoms with Crippen molar-refractivity contribution in [2.24, 2.45) is 0 Å². The number of hydrogen-bond acceptors (Lipinski definition) is 2. The van der Waals surface area contributed by atoms with E-state index in [-0.39, 0.29) is 15.1 Å². The second-order valence-corrected chi connectivity index (χ2v) is 6.32. The van der Waals surface area contributed by atoms with Crippen LogP contribution >= 0.6 is 0 Å². The van der Waals surface area contributed by atoms with Gasteiger partial charge in [0.2, 0.25) is 0 Å². The summed E-state index contributed by atoms with van der Waals surface area (Å²) in [4.78, 5) is 0. The van der Waals surface area contributed by atoms with Gasteiger partial charge in [0, 0.05) is 13.0 Å². The lowest BCUT2D eigenvalue weighted by atomic mass is 10.2. The first kappa shape index (κ1) is 12.8. The molecule has 0 aromatic heterocycles. The van der Waals surface area contributed by atoms with E-state index in [1.54, 1.807) is 0 Å². The van der Waals surface area contributed by atoms with Crippen molar-refractivity contribution < 1.29 is 9.47 Å². The van der Waals surface area contributed by atoms with Crippen molar-refractivity contribution in [1.29, 1.82) is 0 Å². The van der Waals surface area contributed by atoms with Gasteiger partial charge in [-0.15, -0.1) is 11.5 Å². The molecule has 2 nitrogen and oxygen atoms in total. The summed E-state index contributed by atoms with van der Waals surface area (Å²) in [5.74, 6) is 3.20. The highest BCUT2D eigenvalue weighted by atomic mass is 28.3. The molecule has 1 aliphatic rings. The van der Waals surface area contributed by atoms with Crippen molar-refractivity contribution in [2.75, 3.05) is 13.2 Å². The Morgan fingerprint density at radius 3 is 2.93 bits per heavy atom. The van der Waals surface area contributed by atoms with Crippen LogP contribution in [0.4, 0.5) is 0 Å². The van der Waals surface area contributed by atoms with Gasteiger partial charge in [0.15, 0.2) is 6.29 Å². The van der Waals surface area contributed by atoms with Crippen molar-refractivity contribution in [3.63, 3.8) is 0 Å². The minimum absolute atomic E-state index is 0.0590. The van der Waals surface area contributed by atoms with Gasteiger partial charge >= 0.3 is 0 Å². The molecule has 0 N–H and O–H groups in total. The highest BCUT2D eigenvalue weighted by Crippen LogP contribution is 2.13. The van der Waals surface area contributed by atoms with Gasteiger partial charge in [0.25, 0.3) is 0 Å². The maximum atomic E-state index is 5.61. The molecule has 1 unspecified atom stereocenters. The Kier molecular flexibility index (Phi) is 6.74. The zero-order chi connectivity index (χ0) is 10.9. The first-order valence-corrected chi connectivity index (χ1v) is 8.31. The van der Waals surface area contributed by atoms with Crippen molar-refractivity contribution in [3.05, 3.63) is 0 Å². The Hall–Kier alpha value is -0.303. The van der Waals surface area contributed by atoms with Gasteiger partial charge in [-0.3, -0.25) is 0 Å². The summed E-state index contributed by atoms with van der Waals surface area (Å²) in [5, 5.41) is 0. The molecule has 1 radical (unpaired) electrons. The third-order valence-electron chi connectivity index (χ3n) is 2.23. The molecule has 15 heavy (non-hydrogen) atoms. The second kappa shape index (κ2) is 7.92. The van der Waals surface area contributed by atoms with Crippen LogP contribution in [0, 0.1) is 11.5 Å². The molecule has 0 bridgehead atoms. The molecule has 0 aliphatic carbocycles. The summed E-state index contributed by atoms with van der Waals surface area (Å²) >= 11 is 0. The summed E-state index contributed by atoms with van der Waals surface area (Å²) in [6, 6.07) is 0. The van der Waals surface area contributed by atoms with Crippen LogP contribution in [0.25, 0.3) is 0 Å². The molecule has 0 spiro atoms. The largest absolute Gasteiger partial charge is 0.353 e. The van der Waals surface area contributed by atoms with E-state index < -0.39 is 0 Å². The maximum Gasteiger partial charge on any atom is 0.157 e. The normalized spacial score (nSPS) is 21.1. The van der Waals surface area contributed by atoms with Gasteiger partial charge in [-0.2, -0.15) is 0 Å². The molecule has 0 saturated carbocycles. The fourth-order valence-corrected chi connectivity index (χ4v) is 1.94. The topological polar surface area (TPSA) is 18.5 Å². The van der Waals surface area contributed by atoms with Crippen LogP contribution < -0.4 is 0 Å². The SMILES string of the molecule is C[Si](C)C#CCCCOC1CCCCO1. The first-order valence-electron chi connectivity index (χ1n) is 5.81. The van der Waals surface area contributed by atoms with Crippen LogP contribution in [0.3, 0.4) is 0 Å². The third kappa shape index (κ3) is 6.72. The second-order valence-electron chi connectivity index (χ2n) is 4.07. The Morgan fingerprint density at radius 2 is 2.27 bits per heavy atom. The average molecular weight is 225 g/mol. The van der Waals surface area contributed by atoms with Gasteiger partial charge in [-0.25, -0.2) is 0 Å². The molecule has 1 aliphatic heterocycles. The Bertz CT molecular complexity index is 211. The lowest BCUT2D eigenvalue weighted by molar-refractivity contribution is -0.162. The van der Waals surface area contributed by atoms with E-state index in [4.69, 9.17) is 9.47 Å². The summed E-state index contributed by atoms with van der Waals surface area (Å²) in [7, 11) is -0.368. The Morgan fingerprint density at radius 1 is 1.40 bits per heavy atom. The summed E-state index contributed by atoms with van der Waals surface area (Å²) in [5.41, 5.74) is 3.25. The summed E-state index contributed by atoms with van der Waals surface area (Å²) < 4.78 is 11.1. The minimum atomic E-state index is -0.368. The smallest absolute Gasteiger partial charge is 0.157 e. The number of unbranched alkanes of at least 4 members (excludes halogenated alkanes) is 1. The van der Waals surface area contributed by atoms with Crippen molar-refractivity contribution in [2.45, 2.75) is 51.5 Å². The Balaban J connectivity index is 1.95. The fourth-order valence-electron chi connectivity index (χ4n) is 1.46. The Labute approximate surface area is 95.0 Å². The van der Waals surface area contributed by atoms with E-state index in [0.717, 1.165) is 32.5 Å². The van der Waals surface area contributed by atoms with Gasteiger partial charge in [-0.1, -0.05) is 13.1 Å². The quantitative estimate of drug-likeness (QED) is 0.416. The van der Waals surface area contributed by atoms with Crippen LogP contribution in [0.5, 0.6) is 0 Å². The van der Waals surface area contributed by atoms with E-state index in [1.165, 1.54) is 12.8 Å². The van der Waals surface area contributed by atoms with Gasteiger partial charge in [-0.05, 0) is 25.7 Å². The van der Waals surface area contributed by atoms with Crippen molar-refractivity contribution in [1.82, 2.24) is 0 Å². The van der Waals surface area contributed by atoms with Gasteiger partial charge < -0.3 is 9.47 Å². The van der Waals surface area contributed by atoms with Crippen LogP contribution in [0.15, 0.2) is 0 Å². The van der Waals surface area contributed by atoms with E-state index in [1.807, 2.05) is 0 Å². The number of hydrogen-bond donors (Lipinski definition) is 0. The molecule has 0 amide bonds. The van der Waals surface area contributed by atoms with E-state index >= 15 is 0 Å². The molecule has 0 aromatic carbocycles. The van der Waals surface area contributed by atoms with E-state index in [2.05, 4.69) is 24.6 Å². The molecular formula is C12H21O2Si. The van der Waals surface area contributed by atoms with Gasteiger partial charge in [0.05, 0.1) is 6.61 Å². The van der Waals surface area contributed by atoms with Crippen molar-refractivity contribution in [3.8, 4) is 11.5 Å². The predicted molar refractivity (Wildman–Crippen MR) is 64.0 cm³/mol. The van der Waals surface area contributed by atoms with Gasteiger partial charge in [0.1, 0.15) is 8.80 Å². The van der Waals surface area contributed by atoms with Crippen molar-refractivity contribution >= 4 is 8.80 Å². The van der Waals surface area contributed by atoms with Crippen LogP contribution in [-0.4, -0.2) is 28.3 Å². The highest BCUT2D eigenvalue weighted by molar-refractivity contribution is 6.64. The van der Waals surface area contributed by atoms with E-state index in [9.17, 15) is 0 Å². The predicted octanol–water partition coefficient (Wildman–Crippen LogP) is 2.61. The van der Waals surface area contributed by atoms with Crippen LogP contribution in [-0.2, 0) is 9.47 Å².